The zero-order chi connectivity index (χ0) is 23.9. The molecule has 1 aromatic heterocycles. The van der Waals surface area contributed by atoms with E-state index in [1.54, 1.807) is 24.3 Å². The highest BCUT2D eigenvalue weighted by Crippen LogP contribution is 2.43. The smallest absolute Gasteiger partial charge is 0.360 e. The first-order chi connectivity index (χ1) is 15.8. The molecule has 0 radical (unpaired) electrons. The van der Waals surface area contributed by atoms with Crippen molar-refractivity contribution in [3.05, 3.63) is 47.4 Å². The topological polar surface area (TPSA) is 163 Å². The molecule has 1 fully saturated rings. The molecular weight excluding hydrogens is 436 g/mol. The number of aliphatic hydroxyl groups is 4. The number of aliphatic hydroxyl groups excluding tert-OH is 4. The van der Waals surface area contributed by atoms with E-state index in [0.717, 1.165) is 0 Å². The van der Waals surface area contributed by atoms with Crippen molar-refractivity contribution in [1.29, 1.82) is 0 Å². The number of phenolic OH excluding ortho intramolecular Hbond substituents is 1. The van der Waals surface area contributed by atoms with Crippen molar-refractivity contribution in [2.45, 2.75) is 30.5 Å². The van der Waals surface area contributed by atoms with Crippen molar-refractivity contribution in [1.82, 2.24) is 0 Å². The van der Waals surface area contributed by atoms with Crippen LogP contribution in [0.25, 0.3) is 22.3 Å². The lowest BCUT2D eigenvalue weighted by Gasteiger charge is -2.39. The molecule has 1 saturated heterocycles. The van der Waals surface area contributed by atoms with Gasteiger partial charge in [-0.15, -0.1) is 0 Å². The van der Waals surface area contributed by atoms with Gasteiger partial charge in [-0.05, 0) is 24.3 Å². The van der Waals surface area contributed by atoms with Crippen LogP contribution in [-0.2, 0) is 4.74 Å². The Morgan fingerprint density at radius 2 is 1.61 bits per heavy atom. The van der Waals surface area contributed by atoms with Gasteiger partial charge in [-0.2, -0.15) is 0 Å². The highest BCUT2D eigenvalue weighted by molar-refractivity contribution is 5.81. The molecule has 10 nitrogen and oxygen atoms in total. The van der Waals surface area contributed by atoms with Crippen LogP contribution in [0.5, 0.6) is 17.2 Å². The summed E-state index contributed by atoms with van der Waals surface area (Å²) in [5.41, 5.74) is 0.293. The van der Waals surface area contributed by atoms with E-state index >= 15 is 0 Å². The first kappa shape index (κ1) is 23.0. The zero-order valence-electron chi connectivity index (χ0n) is 17.9. The number of hydrogen-bond donors (Lipinski definition) is 5. The van der Waals surface area contributed by atoms with Gasteiger partial charge >= 0.3 is 5.43 Å². The first-order valence-electron chi connectivity index (χ1n) is 10.2. The summed E-state index contributed by atoms with van der Waals surface area (Å²) in [4.78, 5) is 11.2. The van der Waals surface area contributed by atoms with E-state index in [9.17, 15) is 30.3 Å². The number of ether oxygens (including phenoxy) is 3. The first-order valence-corrected chi connectivity index (χ1v) is 10.2. The molecule has 0 amide bonds. The minimum atomic E-state index is -1.66. The second-order valence-electron chi connectivity index (χ2n) is 7.67. The Balaban J connectivity index is 2.02. The maximum Gasteiger partial charge on any atom is 0.360 e. The third-order valence-electron chi connectivity index (χ3n) is 5.77. The zero-order valence-corrected chi connectivity index (χ0v) is 17.9. The van der Waals surface area contributed by atoms with Crippen molar-refractivity contribution >= 4 is 11.0 Å². The molecule has 2 heterocycles. The quantitative estimate of drug-likeness (QED) is 0.337. The van der Waals surface area contributed by atoms with Gasteiger partial charge in [0.1, 0.15) is 52.8 Å². The van der Waals surface area contributed by atoms with Gasteiger partial charge in [0.25, 0.3) is 0 Å². The predicted molar refractivity (Wildman–Crippen MR) is 114 cm³/mol. The molecule has 1 unspecified atom stereocenters. The summed E-state index contributed by atoms with van der Waals surface area (Å²) in [6, 6.07) is 9.51. The highest BCUT2D eigenvalue weighted by atomic mass is 16.5. The molecule has 176 valence electrons. The molecule has 0 spiro atoms. The van der Waals surface area contributed by atoms with Gasteiger partial charge in [0.15, 0.2) is 11.5 Å². The van der Waals surface area contributed by atoms with Gasteiger partial charge in [-0.3, -0.25) is 4.79 Å². The lowest BCUT2D eigenvalue weighted by molar-refractivity contribution is -0.232. The highest BCUT2D eigenvalue weighted by Gasteiger charge is 2.47. The summed E-state index contributed by atoms with van der Waals surface area (Å²) in [5.74, 6) is -0.0887. The summed E-state index contributed by atoms with van der Waals surface area (Å²) >= 11 is 0. The number of aromatic hydroxyl groups is 1. The average molecular weight is 461 g/mol. The standard InChI is InChI=1S/C23H24O10/c1-30-13-7-10(8-14(31-2)18(13)26)22-16(17(25)11-5-3-4-6-12(11)32-22)23-21(29)20(28)19(27)15(9-24)33-23/h3-8,15,19-21,23-24,26-29H,9H2,1-2H3/p+1/t15-,19-,20+,21-,23?/m1/s1. The van der Waals surface area contributed by atoms with Crippen LogP contribution in [0.15, 0.2) is 40.8 Å². The Bertz CT molecular complexity index is 1190. The minimum Gasteiger partial charge on any atom is -0.502 e. The van der Waals surface area contributed by atoms with E-state index in [1.165, 1.54) is 26.4 Å². The largest absolute Gasteiger partial charge is 0.502 e. The molecular formula is C23H25O10+. The fourth-order valence-corrected chi connectivity index (χ4v) is 4.01. The maximum atomic E-state index is 11.2. The third-order valence-corrected chi connectivity index (χ3v) is 5.77. The van der Waals surface area contributed by atoms with E-state index in [2.05, 4.69) is 0 Å². The normalized spacial score (nSPS) is 25.2. The molecule has 2 aromatic carbocycles. The number of phenols is 1. The van der Waals surface area contributed by atoms with Gasteiger partial charge in [-0.1, -0.05) is 12.1 Å². The van der Waals surface area contributed by atoms with Crippen LogP contribution < -0.4 is 14.9 Å². The number of benzene rings is 2. The summed E-state index contributed by atoms with van der Waals surface area (Å²) in [7, 11) is 2.71. The fourth-order valence-electron chi connectivity index (χ4n) is 4.01. The third kappa shape index (κ3) is 3.81. The van der Waals surface area contributed by atoms with Crippen LogP contribution in [-0.4, -0.2) is 75.6 Å². The van der Waals surface area contributed by atoms with Gasteiger partial charge in [-0.25, -0.2) is 0 Å². The van der Waals surface area contributed by atoms with E-state index in [-0.39, 0.29) is 34.0 Å². The van der Waals surface area contributed by atoms with Crippen molar-refractivity contribution in [3.63, 3.8) is 0 Å². The second kappa shape index (κ2) is 9.00. The summed E-state index contributed by atoms with van der Waals surface area (Å²) in [6.45, 7) is -0.636. The van der Waals surface area contributed by atoms with Crippen LogP contribution in [0.1, 0.15) is 11.7 Å². The minimum absolute atomic E-state index is 0.0274. The van der Waals surface area contributed by atoms with Gasteiger partial charge in [0, 0.05) is 5.56 Å². The number of rotatable bonds is 5. The number of hydrogen-bond acceptors (Lipinski definition) is 9. The van der Waals surface area contributed by atoms with Crippen molar-refractivity contribution in [2.75, 3.05) is 20.8 Å². The van der Waals surface area contributed by atoms with Crippen LogP contribution in [0, 0.1) is 0 Å². The molecule has 0 bridgehead atoms. The Morgan fingerprint density at radius 3 is 2.21 bits per heavy atom. The molecule has 1 aliphatic rings. The maximum absolute atomic E-state index is 11.2. The van der Waals surface area contributed by atoms with Crippen LogP contribution >= 0.6 is 0 Å². The predicted octanol–water partition coefficient (Wildman–Crippen LogP) is 0.342. The van der Waals surface area contributed by atoms with Crippen LogP contribution in [0.4, 0.5) is 0 Å². The van der Waals surface area contributed by atoms with E-state index in [1.807, 2.05) is 0 Å². The summed E-state index contributed by atoms with van der Waals surface area (Å²) in [5, 5.41) is 51.4. The number of methoxy groups -OCH3 is 2. The molecule has 6 N–H and O–H groups in total. The fraction of sp³-hybridized carbons (Fsp3) is 0.348. The molecule has 0 aliphatic carbocycles. The van der Waals surface area contributed by atoms with Gasteiger partial charge in [0.05, 0.1) is 20.8 Å². The Hall–Kier alpha value is -3.15. The molecule has 1 aliphatic heterocycles. The molecule has 33 heavy (non-hydrogen) atoms. The average Bonchev–Trinajstić information content (AvgIpc) is 2.83. The van der Waals surface area contributed by atoms with Gasteiger partial charge in [0.2, 0.25) is 5.75 Å². The SMILES string of the molecule is COc1cc(-c2oc3ccccc3c(=[OH+])c2C2O[C@H](CO)[C@@H](O)[C@H](O)[C@H]2O)cc(OC)c1O. The van der Waals surface area contributed by atoms with E-state index in [0.29, 0.717) is 16.5 Å². The lowest BCUT2D eigenvalue weighted by Crippen LogP contribution is -2.56. The van der Waals surface area contributed by atoms with Gasteiger partial charge < -0.3 is 44.2 Å². The van der Waals surface area contributed by atoms with Crippen molar-refractivity contribution in [3.8, 4) is 28.6 Å². The van der Waals surface area contributed by atoms with Crippen LogP contribution in [0.3, 0.4) is 0 Å². The molecule has 5 atom stereocenters. The molecule has 0 saturated carbocycles. The summed E-state index contributed by atoms with van der Waals surface area (Å²) in [6.07, 6.45) is -7.47. The number of fused-ring (bicyclic) bond motifs is 1. The monoisotopic (exact) mass is 461 g/mol. The summed E-state index contributed by atoms with van der Waals surface area (Å²) < 4.78 is 22.2. The lowest BCUT2D eigenvalue weighted by atomic mass is 9.89. The van der Waals surface area contributed by atoms with Crippen LogP contribution in [0.2, 0.25) is 0 Å². The van der Waals surface area contributed by atoms with Crippen molar-refractivity contribution in [2.24, 2.45) is 0 Å². The van der Waals surface area contributed by atoms with Crippen molar-refractivity contribution < 1.29 is 49.0 Å². The second-order valence-corrected chi connectivity index (χ2v) is 7.67. The van der Waals surface area contributed by atoms with E-state index in [4.69, 9.17) is 18.6 Å². The Morgan fingerprint density at radius 1 is 0.970 bits per heavy atom. The molecule has 3 aromatic rings. The molecule has 10 heteroatoms. The molecule has 4 rings (SSSR count). The Kier molecular flexibility index (Phi) is 6.28. The Labute approximate surface area is 187 Å². The van der Waals surface area contributed by atoms with E-state index < -0.39 is 37.1 Å². The number of para-hydroxylation sites is 1.